The summed E-state index contributed by atoms with van der Waals surface area (Å²) < 4.78 is 0. The molecule has 19 heavy (non-hydrogen) atoms. The molecule has 1 heterocycles. The summed E-state index contributed by atoms with van der Waals surface area (Å²) >= 11 is 0. The first kappa shape index (κ1) is 12.0. The van der Waals surface area contributed by atoms with Gasteiger partial charge in [0.1, 0.15) is 6.07 Å². The number of nitro benzene ring substituents is 1. The van der Waals surface area contributed by atoms with Gasteiger partial charge in [-0.1, -0.05) is 6.42 Å². The molecule has 1 aliphatic heterocycles. The summed E-state index contributed by atoms with van der Waals surface area (Å²) in [6, 6.07) is 6.68. The third kappa shape index (κ3) is 2.03. The summed E-state index contributed by atoms with van der Waals surface area (Å²) in [5.41, 5.74) is 1.25. The van der Waals surface area contributed by atoms with Gasteiger partial charge in [-0.3, -0.25) is 10.1 Å². The standard InChI is InChI=1S/C14H15N3O2/c15-7-12-6-13(17(18)19)4-5-14(12)16-8-10-2-1-3-11(10)9-16/h4-6,10-11H,1-3,8-9H2. The maximum absolute atomic E-state index is 10.7. The molecule has 1 aliphatic carbocycles. The van der Waals surface area contributed by atoms with Gasteiger partial charge in [-0.15, -0.1) is 0 Å². The maximum Gasteiger partial charge on any atom is 0.270 e. The molecule has 3 rings (SSSR count). The zero-order valence-corrected chi connectivity index (χ0v) is 10.6. The first-order valence-electron chi connectivity index (χ1n) is 6.62. The lowest BCUT2D eigenvalue weighted by Gasteiger charge is -2.20. The quantitative estimate of drug-likeness (QED) is 0.603. The van der Waals surface area contributed by atoms with E-state index in [0.717, 1.165) is 30.6 Å². The molecule has 0 aromatic heterocycles. The first-order chi connectivity index (χ1) is 9.19. The second-order valence-electron chi connectivity index (χ2n) is 5.43. The van der Waals surface area contributed by atoms with Gasteiger partial charge in [-0.25, -0.2) is 0 Å². The Morgan fingerprint density at radius 2 is 2.00 bits per heavy atom. The number of fused-ring (bicyclic) bond motifs is 1. The van der Waals surface area contributed by atoms with Crippen molar-refractivity contribution >= 4 is 11.4 Å². The third-order valence-corrected chi connectivity index (χ3v) is 4.38. The predicted molar refractivity (Wildman–Crippen MR) is 70.9 cm³/mol. The average Bonchev–Trinajstić information content (AvgIpc) is 2.98. The molecule has 0 spiro atoms. The van der Waals surface area contributed by atoms with Crippen LogP contribution in [-0.4, -0.2) is 18.0 Å². The Morgan fingerprint density at radius 3 is 2.58 bits per heavy atom. The zero-order chi connectivity index (χ0) is 13.4. The molecule has 1 saturated heterocycles. The lowest BCUT2D eigenvalue weighted by Crippen LogP contribution is -2.21. The smallest absolute Gasteiger partial charge is 0.270 e. The number of rotatable bonds is 2. The Bertz CT molecular complexity index is 552. The van der Waals surface area contributed by atoms with E-state index in [0.29, 0.717) is 5.56 Å². The second kappa shape index (κ2) is 4.54. The molecule has 0 radical (unpaired) electrons. The SMILES string of the molecule is N#Cc1cc([N+](=O)[O-])ccc1N1CC2CCCC2C1. The van der Waals surface area contributed by atoms with Gasteiger partial charge in [-0.2, -0.15) is 5.26 Å². The van der Waals surface area contributed by atoms with Crippen LogP contribution in [0.3, 0.4) is 0 Å². The fourth-order valence-corrected chi connectivity index (χ4v) is 3.43. The van der Waals surface area contributed by atoms with E-state index in [9.17, 15) is 15.4 Å². The Hall–Kier alpha value is -2.09. The highest BCUT2D eigenvalue weighted by Crippen LogP contribution is 2.40. The van der Waals surface area contributed by atoms with Crippen LogP contribution >= 0.6 is 0 Å². The number of hydrogen-bond acceptors (Lipinski definition) is 4. The number of non-ortho nitro benzene ring substituents is 1. The van der Waals surface area contributed by atoms with E-state index in [1.54, 1.807) is 6.07 Å². The highest BCUT2D eigenvalue weighted by atomic mass is 16.6. The van der Waals surface area contributed by atoms with Crippen molar-refractivity contribution in [2.75, 3.05) is 18.0 Å². The summed E-state index contributed by atoms with van der Waals surface area (Å²) in [7, 11) is 0. The van der Waals surface area contributed by atoms with Crippen LogP contribution in [-0.2, 0) is 0 Å². The van der Waals surface area contributed by atoms with Gasteiger partial charge in [0.25, 0.3) is 5.69 Å². The van der Waals surface area contributed by atoms with Crippen LogP contribution in [0.5, 0.6) is 0 Å². The summed E-state index contributed by atoms with van der Waals surface area (Å²) in [6.07, 6.45) is 3.86. The maximum atomic E-state index is 10.7. The highest BCUT2D eigenvalue weighted by molar-refractivity contribution is 5.63. The van der Waals surface area contributed by atoms with E-state index in [2.05, 4.69) is 11.0 Å². The van der Waals surface area contributed by atoms with E-state index in [-0.39, 0.29) is 5.69 Å². The van der Waals surface area contributed by atoms with E-state index in [1.165, 1.54) is 31.4 Å². The molecule has 2 fully saturated rings. The molecule has 1 aromatic carbocycles. The van der Waals surface area contributed by atoms with Gasteiger partial charge in [0.15, 0.2) is 0 Å². The molecular weight excluding hydrogens is 242 g/mol. The lowest BCUT2D eigenvalue weighted by molar-refractivity contribution is -0.384. The number of nitrogens with zero attached hydrogens (tertiary/aromatic N) is 3. The normalized spacial score (nSPS) is 25.1. The molecule has 2 unspecified atom stereocenters. The molecule has 5 nitrogen and oxygen atoms in total. The monoisotopic (exact) mass is 257 g/mol. The van der Waals surface area contributed by atoms with Gasteiger partial charge in [-0.05, 0) is 30.7 Å². The average molecular weight is 257 g/mol. The van der Waals surface area contributed by atoms with Crippen molar-refractivity contribution in [1.82, 2.24) is 0 Å². The van der Waals surface area contributed by atoms with E-state index in [4.69, 9.17) is 0 Å². The van der Waals surface area contributed by atoms with E-state index < -0.39 is 4.92 Å². The minimum absolute atomic E-state index is 0.0142. The summed E-state index contributed by atoms with van der Waals surface area (Å²) in [6.45, 7) is 1.97. The van der Waals surface area contributed by atoms with Crippen LogP contribution in [0, 0.1) is 33.3 Å². The van der Waals surface area contributed by atoms with Crippen molar-refractivity contribution in [2.45, 2.75) is 19.3 Å². The molecule has 2 atom stereocenters. The van der Waals surface area contributed by atoms with E-state index in [1.807, 2.05) is 0 Å². The molecule has 0 amide bonds. The fourth-order valence-electron chi connectivity index (χ4n) is 3.43. The molecular formula is C14H15N3O2. The Kier molecular flexibility index (Phi) is 2.86. The number of benzene rings is 1. The largest absolute Gasteiger partial charge is 0.370 e. The van der Waals surface area contributed by atoms with Crippen LogP contribution in [0.15, 0.2) is 18.2 Å². The highest BCUT2D eigenvalue weighted by Gasteiger charge is 2.36. The Morgan fingerprint density at radius 1 is 1.32 bits per heavy atom. The van der Waals surface area contributed by atoms with Crippen molar-refractivity contribution in [3.8, 4) is 6.07 Å². The fraction of sp³-hybridized carbons (Fsp3) is 0.500. The number of nitriles is 1. The first-order valence-corrected chi connectivity index (χ1v) is 6.62. The van der Waals surface area contributed by atoms with Gasteiger partial charge >= 0.3 is 0 Å². The molecule has 0 bridgehead atoms. The number of anilines is 1. The molecule has 5 heteroatoms. The van der Waals surface area contributed by atoms with Crippen LogP contribution in [0.25, 0.3) is 0 Å². The molecule has 98 valence electrons. The van der Waals surface area contributed by atoms with Crippen LogP contribution in [0.2, 0.25) is 0 Å². The van der Waals surface area contributed by atoms with Gasteiger partial charge < -0.3 is 4.90 Å². The van der Waals surface area contributed by atoms with Gasteiger partial charge in [0, 0.05) is 25.2 Å². The summed E-state index contributed by atoms with van der Waals surface area (Å²) in [5.74, 6) is 1.48. The van der Waals surface area contributed by atoms with Crippen molar-refractivity contribution in [3.05, 3.63) is 33.9 Å². The van der Waals surface area contributed by atoms with Crippen molar-refractivity contribution in [1.29, 1.82) is 5.26 Å². The topological polar surface area (TPSA) is 70.2 Å². The number of nitro groups is 1. The second-order valence-corrected chi connectivity index (χ2v) is 5.43. The number of hydrogen-bond donors (Lipinski definition) is 0. The van der Waals surface area contributed by atoms with Crippen molar-refractivity contribution < 1.29 is 4.92 Å². The molecule has 1 aromatic rings. The molecule has 0 N–H and O–H groups in total. The zero-order valence-electron chi connectivity index (χ0n) is 10.6. The molecule has 2 aliphatic rings. The van der Waals surface area contributed by atoms with Gasteiger partial charge in [0.05, 0.1) is 16.2 Å². The van der Waals surface area contributed by atoms with Gasteiger partial charge in [0.2, 0.25) is 0 Å². The van der Waals surface area contributed by atoms with Crippen LogP contribution < -0.4 is 4.90 Å². The third-order valence-electron chi connectivity index (χ3n) is 4.38. The lowest BCUT2D eigenvalue weighted by atomic mass is 10.0. The minimum atomic E-state index is -0.455. The Balaban J connectivity index is 1.89. The van der Waals surface area contributed by atoms with Crippen molar-refractivity contribution in [3.63, 3.8) is 0 Å². The minimum Gasteiger partial charge on any atom is -0.370 e. The summed E-state index contributed by atoms with van der Waals surface area (Å²) in [4.78, 5) is 12.5. The van der Waals surface area contributed by atoms with Crippen LogP contribution in [0.4, 0.5) is 11.4 Å². The summed E-state index contributed by atoms with van der Waals surface area (Å²) in [5, 5.41) is 19.9. The molecule has 1 saturated carbocycles. The predicted octanol–water partition coefficient (Wildman–Crippen LogP) is 2.70. The van der Waals surface area contributed by atoms with Crippen LogP contribution in [0.1, 0.15) is 24.8 Å². The van der Waals surface area contributed by atoms with Crippen molar-refractivity contribution in [2.24, 2.45) is 11.8 Å². The Labute approximate surface area is 111 Å². The van der Waals surface area contributed by atoms with E-state index >= 15 is 0 Å².